The van der Waals surface area contributed by atoms with Crippen molar-refractivity contribution in [3.63, 3.8) is 0 Å². The van der Waals surface area contributed by atoms with Gasteiger partial charge in [-0.2, -0.15) is 0 Å². The number of ether oxygens (including phenoxy) is 1. The molecule has 2 N–H and O–H groups in total. The molecule has 0 aliphatic heterocycles. The second-order valence-corrected chi connectivity index (χ2v) is 6.38. The number of nitrogens with zero attached hydrogens (tertiary/aromatic N) is 1. The fourth-order valence-corrected chi connectivity index (χ4v) is 3.15. The average Bonchev–Trinajstić information content (AvgIpc) is 2.95. The van der Waals surface area contributed by atoms with E-state index in [2.05, 4.69) is 60.0 Å². The van der Waals surface area contributed by atoms with Gasteiger partial charge >= 0.3 is 0 Å². The Kier molecular flexibility index (Phi) is 6.47. The van der Waals surface area contributed by atoms with E-state index in [1.807, 2.05) is 6.07 Å². The maximum absolute atomic E-state index is 5.30. The molecule has 1 aromatic heterocycles. The van der Waals surface area contributed by atoms with E-state index in [9.17, 15) is 0 Å². The number of rotatable bonds is 6. The first kappa shape index (κ1) is 17.3. The van der Waals surface area contributed by atoms with E-state index in [4.69, 9.17) is 4.74 Å². The van der Waals surface area contributed by atoms with E-state index < -0.39 is 0 Å². The standard InChI is InChI=1S/C18H25N3OS/c1-5-19-18(21-12-17-13(2)8-9-23-17)20-11-15-6-7-16(22-4)14(3)10-15/h6-10H,5,11-12H2,1-4H3,(H2,19,20,21). The third-order valence-electron chi connectivity index (χ3n) is 3.61. The molecule has 0 aliphatic rings. The average molecular weight is 331 g/mol. The molecule has 2 aromatic rings. The zero-order chi connectivity index (χ0) is 16.7. The van der Waals surface area contributed by atoms with E-state index in [0.717, 1.165) is 30.4 Å². The van der Waals surface area contributed by atoms with Gasteiger partial charge in [-0.05, 0) is 55.0 Å². The van der Waals surface area contributed by atoms with Gasteiger partial charge in [-0.1, -0.05) is 12.1 Å². The van der Waals surface area contributed by atoms with Crippen molar-refractivity contribution in [2.45, 2.75) is 33.9 Å². The molecular formula is C18H25N3OS. The van der Waals surface area contributed by atoms with Crippen LogP contribution in [0.15, 0.2) is 34.6 Å². The van der Waals surface area contributed by atoms with Crippen LogP contribution in [0.1, 0.15) is 28.5 Å². The van der Waals surface area contributed by atoms with Crippen molar-refractivity contribution in [2.24, 2.45) is 4.99 Å². The zero-order valence-electron chi connectivity index (χ0n) is 14.3. The first-order chi connectivity index (χ1) is 11.1. The predicted octanol–water partition coefficient (Wildman–Crippen LogP) is 3.63. The van der Waals surface area contributed by atoms with Crippen molar-refractivity contribution in [1.29, 1.82) is 0 Å². The summed E-state index contributed by atoms with van der Waals surface area (Å²) in [6.07, 6.45) is 0. The Morgan fingerprint density at radius 3 is 2.61 bits per heavy atom. The number of thiophene rings is 1. The van der Waals surface area contributed by atoms with Crippen LogP contribution in [-0.2, 0) is 13.1 Å². The first-order valence-electron chi connectivity index (χ1n) is 7.82. The van der Waals surface area contributed by atoms with Gasteiger partial charge in [0.15, 0.2) is 5.96 Å². The maximum atomic E-state index is 5.30. The molecule has 4 nitrogen and oxygen atoms in total. The summed E-state index contributed by atoms with van der Waals surface area (Å²) in [7, 11) is 1.69. The lowest BCUT2D eigenvalue weighted by atomic mass is 10.1. The number of hydrogen-bond acceptors (Lipinski definition) is 3. The largest absolute Gasteiger partial charge is 0.496 e. The number of aryl methyl sites for hydroxylation is 2. The summed E-state index contributed by atoms with van der Waals surface area (Å²) >= 11 is 1.77. The van der Waals surface area contributed by atoms with Gasteiger partial charge in [0.05, 0.1) is 20.2 Å². The van der Waals surface area contributed by atoms with E-state index >= 15 is 0 Å². The number of benzene rings is 1. The van der Waals surface area contributed by atoms with Crippen LogP contribution in [0.2, 0.25) is 0 Å². The SMILES string of the molecule is CCNC(=NCc1ccc(OC)c(C)c1)NCc1sccc1C. The minimum absolute atomic E-state index is 0.642. The summed E-state index contributed by atoms with van der Waals surface area (Å²) in [5, 5.41) is 8.81. The highest BCUT2D eigenvalue weighted by Gasteiger charge is 2.03. The lowest BCUT2D eigenvalue weighted by Gasteiger charge is -2.11. The lowest BCUT2D eigenvalue weighted by Crippen LogP contribution is -2.36. The molecule has 1 heterocycles. The second kappa shape index (κ2) is 8.58. The Balaban J connectivity index is 2.00. The molecule has 1 aromatic carbocycles. The van der Waals surface area contributed by atoms with Crippen molar-refractivity contribution in [1.82, 2.24) is 10.6 Å². The van der Waals surface area contributed by atoms with Crippen LogP contribution in [0.4, 0.5) is 0 Å². The molecule has 0 unspecified atom stereocenters. The Morgan fingerprint density at radius 1 is 1.17 bits per heavy atom. The predicted molar refractivity (Wildman–Crippen MR) is 98.4 cm³/mol. The summed E-state index contributed by atoms with van der Waals surface area (Å²) in [5.41, 5.74) is 3.63. The van der Waals surface area contributed by atoms with E-state index in [1.165, 1.54) is 16.0 Å². The monoisotopic (exact) mass is 331 g/mol. The highest BCUT2D eigenvalue weighted by molar-refractivity contribution is 7.10. The van der Waals surface area contributed by atoms with Crippen molar-refractivity contribution in [2.75, 3.05) is 13.7 Å². The third-order valence-corrected chi connectivity index (χ3v) is 4.63. The van der Waals surface area contributed by atoms with Crippen LogP contribution < -0.4 is 15.4 Å². The van der Waals surface area contributed by atoms with Crippen molar-refractivity contribution in [3.8, 4) is 5.75 Å². The molecule has 0 saturated carbocycles. The van der Waals surface area contributed by atoms with Crippen molar-refractivity contribution < 1.29 is 4.74 Å². The Hall–Kier alpha value is -2.01. The molecule has 0 radical (unpaired) electrons. The second-order valence-electron chi connectivity index (χ2n) is 5.38. The molecule has 0 aliphatic carbocycles. The Labute approximate surface area is 142 Å². The summed E-state index contributed by atoms with van der Waals surface area (Å²) in [4.78, 5) is 6.01. The number of nitrogens with one attached hydrogen (secondary N) is 2. The van der Waals surface area contributed by atoms with Crippen molar-refractivity contribution >= 4 is 17.3 Å². The molecular weight excluding hydrogens is 306 g/mol. The van der Waals surface area contributed by atoms with Crippen LogP contribution in [0.25, 0.3) is 0 Å². The summed E-state index contributed by atoms with van der Waals surface area (Å²) in [5.74, 6) is 1.75. The number of aliphatic imine (C=N–C) groups is 1. The number of hydrogen-bond donors (Lipinski definition) is 2. The lowest BCUT2D eigenvalue weighted by molar-refractivity contribution is 0.411. The molecule has 0 saturated heterocycles. The molecule has 0 spiro atoms. The topological polar surface area (TPSA) is 45.7 Å². The molecule has 124 valence electrons. The van der Waals surface area contributed by atoms with E-state index in [-0.39, 0.29) is 0 Å². The number of methoxy groups -OCH3 is 1. The molecule has 2 rings (SSSR count). The van der Waals surface area contributed by atoms with Gasteiger partial charge in [0.2, 0.25) is 0 Å². The first-order valence-corrected chi connectivity index (χ1v) is 8.70. The highest BCUT2D eigenvalue weighted by Crippen LogP contribution is 2.19. The van der Waals surface area contributed by atoms with Crippen LogP contribution in [0.3, 0.4) is 0 Å². The van der Waals surface area contributed by atoms with Crippen LogP contribution in [0.5, 0.6) is 5.75 Å². The zero-order valence-corrected chi connectivity index (χ0v) is 15.1. The summed E-state index contributed by atoms with van der Waals surface area (Å²) in [6.45, 7) is 8.55. The van der Waals surface area contributed by atoms with Gasteiger partial charge in [-0.15, -0.1) is 11.3 Å². The Morgan fingerprint density at radius 2 is 2.00 bits per heavy atom. The number of guanidine groups is 1. The maximum Gasteiger partial charge on any atom is 0.191 e. The minimum Gasteiger partial charge on any atom is -0.496 e. The molecule has 23 heavy (non-hydrogen) atoms. The third kappa shape index (κ3) is 4.99. The van der Waals surface area contributed by atoms with Gasteiger partial charge in [-0.3, -0.25) is 0 Å². The van der Waals surface area contributed by atoms with E-state index in [1.54, 1.807) is 18.4 Å². The van der Waals surface area contributed by atoms with Crippen LogP contribution in [-0.4, -0.2) is 19.6 Å². The Bertz CT molecular complexity index is 664. The molecule has 0 atom stereocenters. The summed E-state index contributed by atoms with van der Waals surface area (Å²) < 4.78 is 5.30. The van der Waals surface area contributed by atoms with Gasteiger partial charge in [0.1, 0.15) is 5.75 Å². The van der Waals surface area contributed by atoms with Gasteiger partial charge in [0.25, 0.3) is 0 Å². The molecule has 0 amide bonds. The normalized spacial score (nSPS) is 11.4. The highest BCUT2D eigenvalue weighted by atomic mass is 32.1. The molecule has 0 fully saturated rings. The van der Waals surface area contributed by atoms with Gasteiger partial charge < -0.3 is 15.4 Å². The minimum atomic E-state index is 0.642. The fourth-order valence-electron chi connectivity index (χ4n) is 2.30. The molecule has 5 heteroatoms. The smallest absolute Gasteiger partial charge is 0.191 e. The quantitative estimate of drug-likeness (QED) is 0.628. The molecule has 0 bridgehead atoms. The van der Waals surface area contributed by atoms with Crippen LogP contribution in [0, 0.1) is 13.8 Å². The van der Waals surface area contributed by atoms with E-state index in [0.29, 0.717) is 6.54 Å². The van der Waals surface area contributed by atoms with Crippen LogP contribution >= 0.6 is 11.3 Å². The summed E-state index contributed by atoms with van der Waals surface area (Å²) in [6, 6.07) is 8.32. The van der Waals surface area contributed by atoms with Gasteiger partial charge in [0, 0.05) is 11.4 Å². The van der Waals surface area contributed by atoms with Gasteiger partial charge in [-0.25, -0.2) is 4.99 Å². The van der Waals surface area contributed by atoms with Crippen molar-refractivity contribution in [3.05, 3.63) is 51.2 Å². The fraction of sp³-hybridized carbons (Fsp3) is 0.389.